The number of aromatic nitrogens is 2. The number of piperidine rings is 1. The van der Waals surface area contributed by atoms with Gasteiger partial charge in [-0.15, -0.1) is 0 Å². The number of carbonyl (C=O) groups excluding carboxylic acids is 2. The van der Waals surface area contributed by atoms with E-state index < -0.39 is 5.69 Å². The van der Waals surface area contributed by atoms with Crippen LogP contribution in [-0.2, 0) is 11.3 Å². The molecule has 2 amide bonds. The van der Waals surface area contributed by atoms with Gasteiger partial charge in [0.15, 0.2) is 0 Å². The molecule has 0 aliphatic carbocycles. The summed E-state index contributed by atoms with van der Waals surface area (Å²) in [5.41, 5.74) is 0.0454. The summed E-state index contributed by atoms with van der Waals surface area (Å²) < 4.78 is 7.10. The molecule has 8 nitrogen and oxygen atoms in total. The van der Waals surface area contributed by atoms with Gasteiger partial charge in [0.25, 0.3) is 5.91 Å². The molecular formula is C23H26N4O4. The van der Waals surface area contributed by atoms with Gasteiger partial charge < -0.3 is 15.0 Å². The molecule has 1 aromatic heterocycles. The van der Waals surface area contributed by atoms with Crippen LogP contribution in [0.4, 0.5) is 0 Å². The van der Waals surface area contributed by atoms with Crippen molar-refractivity contribution in [2.75, 3.05) is 13.2 Å². The Labute approximate surface area is 180 Å². The highest BCUT2D eigenvalue weighted by molar-refractivity contribution is 5.97. The molecule has 3 heterocycles. The highest BCUT2D eigenvalue weighted by Gasteiger charge is 2.35. The molecule has 1 fully saturated rings. The van der Waals surface area contributed by atoms with Gasteiger partial charge in [-0.3, -0.25) is 14.2 Å². The maximum atomic E-state index is 13.1. The Morgan fingerprint density at radius 3 is 2.94 bits per heavy atom. The largest absolute Gasteiger partial charge is 0.492 e. The lowest BCUT2D eigenvalue weighted by Gasteiger charge is -2.41. The minimum absolute atomic E-state index is 0.0653. The minimum Gasteiger partial charge on any atom is -0.492 e. The summed E-state index contributed by atoms with van der Waals surface area (Å²) in [5.74, 6) is 0.210. The van der Waals surface area contributed by atoms with Crippen molar-refractivity contribution in [3.05, 3.63) is 70.9 Å². The lowest BCUT2D eigenvalue weighted by Crippen LogP contribution is -2.57. The standard InChI is InChI=1S/C23H26N4O4/c28-21(16-26-13-7-12-24-23(26)30)27-14-6-9-18-19(27)10-2-1-5-15-31-20-11-4-3-8-17(20)22(29)25-18/h1-4,7-8,11-13,18-19H,5-6,9-10,14-16H2,(H,25,29)/b2-1+/t18-,19-/m0/s1. The number of amides is 2. The van der Waals surface area contributed by atoms with Crippen molar-refractivity contribution in [1.82, 2.24) is 19.8 Å². The number of rotatable bonds is 2. The fourth-order valence-corrected chi connectivity index (χ4v) is 4.19. The van der Waals surface area contributed by atoms with E-state index in [2.05, 4.69) is 10.3 Å². The van der Waals surface area contributed by atoms with Gasteiger partial charge in [0, 0.05) is 25.0 Å². The van der Waals surface area contributed by atoms with E-state index in [1.807, 2.05) is 24.3 Å². The third kappa shape index (κ3) is 4.84. The highest BCUT2D eigenvalue weighted by Crippen LogP contribution is 2.24. The average molecular weight is 422 g/mol. The fraction of sp³-hybridized carbons (Fsp3) is 0.391. The van der Waals surface area contributed by atoms with E-state index in [9.17, 15) is 14.4 Å². The quantitative estimate of drug-likeness (QED) is 0.745. The molecule has 8 heteroatoms. The molecule has 1 saturated heterocycles. The summed E-state index contributed by atoms with van der Waals surface area (Å²) in [4.78, 5) is 43.6. The summed E-state index contributed by atoms with van der Waals surface area (Å²) in [7, 11) is 0. The molecule has 1 aromatic carbocycles. The van der Waals surface area contributed by atoms with E-state index in [0.29, 0.717) is 37.3 Å². The predicted molar refractivity (Wildman–Crippen MR) is 115 cm³/mol. The van der Waals surface area contributed by atoms with E-state index in [0.717, 1.165) is 12.8 Å². The fourth-order valence-electron chi connectivity index (χ4n) is 4.19. The average Bonchev–Trinajstić information content (AvgIpc) is 2.77. The summed E-state index contributed by atoms with van der Waals surface area (Å²) in [6.45, 7) is 1.00. The molecule has 2 aromatic rings. The molecule has 0 saturated carbocycles. The number of ether oxygens (including phenoxy) is 1. The van der Waals surface area contributed by atoms with Gasteiger partial charge in [-0.1, -0.05) is 24.3 Å². The molecule has 2 aliphatic rings. The van der Waals surface area contributed by atoms with E-state index >= 15 is 0 Å². The first-order valence-electron chi connectivity index (χ1n) is 10.6. The zero-order valence-corrected chi connectivity index (χ0v) is 17.3. The number of para-hydroxylation sites is 1. The third-order valence-corrected chi connectivity index (χ3v) is 5.72. The Kier molecular flexibility index (Phi) is 6.45. The number of carbonyl (C=O) groups is 2. The zero-order valence-electron chi connectivity index (χ0n) is 17.3. The van der Waals surface area contributed by atoms with Crippen LogP contribution in [0.3, 0.4) is 0 Å². The third-order valence-electron chi connectivity index (χ3n) is 5.72. The molecule has 162 valence electrons. The Balaban J connectivity index is 1.58. The predicted octanol–water partition coefficient (Wildman–Crippen LogP) is 1.76. The van der Waals surface area contributed by atoms with E-state index in [1.54, 1.807) is 29.3 Å². The zero-order chi connectivity index (χ0) is 21.6. The molecule has 1 N–H and O–H groups in total. The van der Waals surface area contributed by atoms with Gasteiger partial charge in [0.1, 0.15) is 12.3 Å². The summed E-state index contributed by atoms with van der Waals surface area (Å²) in [6.07, 6.45) is 9.96. The Hall–Kier alpha value is -3.42. The number of hydrogen-bond acceptors (Lipinski definition) is 5. The summed E-state index contributed by atoms with van der Waals surface area (Å²) in [6, 6.07) is 8.47. The minimum atomic E-state index is -0.451. The van der Waals surface area contributed by atoms with Crippen LogP contribution in [0.2, 0.25) is 0 Å². The van der Waals surface area contributed by atoms with Crippen LogP contribution in [0.5, 0.6) is 5.75 Å². The van der Waals surface area contributed by atoms with Gasteiger partial charge in [0.05, 0.1) is 18.2 Å². The molecule has 0 unspecified atom stereocenters. The summed E-state index contributed by atoms with van der Waals surface area (Å²) in [5, 5.41) is 3.13. The second kappa shape index (κ2) is 9.59. The molecule has 2 aliphatic heterocycles. The van der Waals surface area contributed by atoms with Crippen LogP contribution in [0.25, 0.3) is 0 Å². The topological polar surface area (TPSA) is 93.5 Å². The molecule has 2 atom stereocenters. The van der Waals surface area contributed by atoms with Crippen LogP contribution in [0.1, 0.15) is 36.0 Å². The first-order valence-corrected chi connectivity index (χ1v) is 10.6. The van der Waals surface area contributed by atoms with E-state index in [-0.39, 0.29) is 30.4 Å². The van der Waals surface area contributed by atoms with Crippen LogP contribution >= 0.6 is 0 Å². The molecule has 0 spiro atoms. The number of fused-ring (bicyclic) bond motifs is 2. The second-order valence-corrected chi connectivity index (χ2v) is 7.75. The Bertz CT molecular complexity index is 1030. The Morgan fingerprint density at radius 1 is 1.19 bits per heavy atom. The number of hydrogen-bond donors (Lipinski definition) is 1. The maximum absolute atomic E-state index is 13.1. The van der Waals surface area contributed by atoms with Gasteiger partial charge in [0.2, 0.25) is 5.91 Å². The molecule has 4 rings (SSSR count). The van der Waals surface area contributed by atoms with Gasteiger partial charge in [-0.2, -0.15) is 0 Å². The lowest BCUT2D eigenvalue weighted by molar-refractivity contribution is -0.136. The van der Waals surface area contributed by atoms with Crippen LogP contribution < -0.4 is 15.7 Å². The molecular weight excluding hydrogens is 396 g/mol. The van der Waals surface area contributed by atoms with Gasteiger partial charge in [-0.05, 0) is 43.9 Å². The Morgan fingerprint density at radius 2 is 2.06 bits per heavy atom. The highest BCUT2D eigenvalue weighted by atomic mass is 16.5. The van der Waals surface area contributed by atoms with E-state index in [1.165, 1.54) is 10.8 Å². The number of nitrogens with one attached hydrogen (secondary N) is 1. The van der Waals surface area contributed by atoms with Crippen LogP contribution in [0, 0.1) is 0 Å². The van der Waals surface area contributed by atoms with Crippen molar-refractivity contribution in [2.45, 2.75) is 44.3 Å². The van der Waals surface area contributed by atoms with Crippen molar-refractivity contribution < 1.29 is 14.3 Å². The normalized spacial score (nSPS) is 22.6. The van der Waals surface area contributed by atoms with Crippen molar-refractivity contribution in [2.24, 2.45) is 0 Å². The number of nitrogens with zero attached hydrogens (tertiary/aromatic N) is 3. The van der Waals surface area contributed by atoms with Crippen molar-refractivity contribution in [3.63, 3.8) is 0 Å². The monoisotopic (exact) mass is 422 g/mol. The van der Waals surface area contributed by atoms with Gasteiger partial charge >= 0.3 is 5.69 Å². The smallest absolute Gasteiger partial charge is 0.347 e. The molecule has 31 heavy (non-hydrogen) atoms. The second-order valence-electron chi connectivity index (χ2n) is 7.75. The van der Waals surface area contributed by atoms with Crippen molar-refractivity contribution in [1.29, 1.82) is 0 Å². The first kappa shape index (κ1) is 20.8. The van der Waals surface area contributed by atoms with E-state index in [4.69, 9.17) is 4.74 Å². The number of likely N-dealkylation sites (tertiary alicyclic amines) is 1. The van der Waals surface area contributed by atoms with Crippen LogP contribution in [-0.4, -0.2) is 51.5 Å². The summed E-state index contributed by atoms with van der Waals surface area (Å²) >= 11 is 0. The number of benzene rings is 1. The van der Waals surface area contributed by atoms with Gasteiger partial charge in [-0.25, -0.2) is 9.78 Å². The van der Waals surface area contributed by atoms with Crippen molar-refractivity contribution >= 4 is 11.8 Å². The van der Waals surface area contributed by atoms with Crippen molar-refractivity contribution in [3.8, 4) is 5.75 Å². The molecule has 0 bridgehead atoms. The first-order chi connectivity index (χ1) is 15.1. The SMILES string of the molecule is O=C1N[C@H]2CCCN(C(=O)Cn3cccnc3=O)[C@H]2C/C=C/CCOc2ccccc21. The molecule has 0 radical (unpaired) electrons. The van der Waals surface area contributed by atoms with Crippen LogP contribution in [0.15, 0.2) is 59.7 Å². The maximum Gasteiger partial charge on any atom is 0.347 e. The lowest BCUT2D eigenvalue weighted by atomic mass is 9.92.